The van der Waals surface area contributed by atoms with Crippen molar-refractivity contribution < 1.29 is 19.1 Å². The van der Waals surface area contributed by atoms with Gasteiger partial charge in [-0.05, 0) is 19.1 Å². The number of hydrogen-bond acceptors (Lipinski definition) is 4. The molecule has 0 bridgehead atoms. The molecule has 1 aliphatic rings. The first-order valence-electron chi connectivity index (χ1n) is 7.19. The number of carbonyl (C=O) groups excluding carboxylic acids is 3. The molecule has 1 aliphatic heterocycles. The molecule has 0 radical (unpaired) electrons. The van der Waals surface area contributed by atoms with Crippen molar-refractivity contribution in [2.45, 2.75) is 6.92 Å². The number of amides is 3. The summed E-state index contributed by atoms with van der Waals surface area (Å²) in [6.07, 6.45) is -0.386. The van der Waals surface area contributed by atoms with E-state index in [1.54, 1.807) is 31.2 Å². The number of piperazine rings is 1. The number of hydrogen-bond donors (Lipinski definition) is 1. The van der Waals surface area contributed by atoms with E-state index in [2.05, 4.69) is 5.32 Å². The largest absolute Gasteiger partial charge is 0.450 e. The Bertz CT molecular complexity index is 539. The third-order valence-electron chi connectivity index (χ3n) is 3.32. The lowest BCUT2D eigenvalue weighted by Gasteiger charge is -2.33. The fourth-order valence-corrected chi connectivity index (χ4v) is 2.16. The summed E-state index contributed by atoms with van der Waals surface area (Å²) in [7, 11) is 0. The summed E-state index contributed by atoms with van der Waals surface area (Å²) in [6, 6.07) is 8.80. The fourth-order valence-electron chi connectivity index (χ4n) is 2.16. The first kappa shape index (κ1) is 15.8. The van der Waals surface area contributed by atoms with Gasteiger partial charge in [0, 0.05) is 31.9 Å². The minimum Gasteiger partial charge on any atom is -0.450 e. The maximum atomic E-state index is 12.1. The molecule has 1 saturated heterocycles. The average Bonchev–Trinajstić information content (AvgIpc) is 2.55. The topological polar surface area (TPSA) is 79.0 Å². The molecule has 1 N–H and O–H groups in total. The van der Waals surface area contributed by atoms with E-state index in [1.807, 2.05) is 6.07 Å². The zero-order valence-electron chi connectivity index (χ0n) is 12.4. The molecule has 1 aromatic carbocycles. The number of nitrogens with zero attached hydrogens (tertiary/aromatic N) is 2. The summed E-state index contributed by atoms with van der Waals surface area (Å²) in [6.45, 7) is 3.43. The van der Waals surface area contributed by atoms with Crippen LogP contribution in [0.25, 0.3) is 0 Å². The molecule has 7 nitrogen and oxygen atoms in total. The minimum atomic E-state index is -0.671. The molecule has 1 fully saturated rings. The van der Waals surface area contributed by atoms with Crippen LogP contribution in [0.15, 0.2) is 30.3 Å². The summed E-state index contributed by atoms with van der Waals surface area (Å²) in [5.74, 6) is -1.26. The van der Waals surface area contributed by atoms with E-state index >= 15 is 0 Å². The van der Waals surface area contributed by atoms with Gasteiger partial charge in [-0.2, -0.15) is 0 Å². The monoisotopic (exact) mass is 305 g/mol. The van der Waals surface area contributed by atoms with Crippen LogP contribution < -0.4 is 5.32 Å². The molecule has 1 aromatic rings. The molecule has 0 aliphatic carbocycles. The van der Waals surface area contributed by atoms with Crippen LogP contribution in [-0.2, 0) is 14.3 Å². The molecule has 3 amide bonds. The van der Waals surface area contributed by atoms with Gasteiger partial charge < -0.3 is 19.9 Å². The molecular formula is C15H19N3O4. The van der Waals surface area contributed by atoms with Crippen molar-refractivity contribution in [3.63, 3.8) is 0 Å². The molecule has 0 unspecified atom stereocenters. The van der Waals surface area contributed by atoms with E-state index in [-0.39, 0.29) is 6.09 Å². The smallest absolute Gasteiger partial charge is 0.409 e. The van der Waals surface area contributed by atoms with Crippen LogP contribution in [0.2, 0.25) is 0 Å². The van der Waals surface area contributed by atoms with Crippen LogP contribution >= 0.6 is 0 Å². The van der Waals surface area contributed by atoms with E-state index in [1.165, 1.54) is 9.80 Å². The molecule has 118 valence electrons. The van der Waals surface area contributed by atoms with Crippen LogP contribution in [-0.4, -0.2) is 60.5 Å². The highest BCUT2D eigenvalue weighted by Gasteiger charge is 2.28. The highest BCUT2D eigenvalue weighted by molar-refractivity contribution is 6.39. The second-order valence-corrected chi connectivity index (χ2v) is 4.80. The van der Waals surface area contributed by atoms with E-state index < -0.39 is 11.8 Å². The molecule has 0 saturated carbocycles. The van der Waals surface area contributed by atoms with Gasteiger partial charge in [0.05, 0.1) is 6.61 Å². The van der Waals surface area contributed by atoms with E-state index in [4.69, 9.17) is 4.74 Å². The lowest BCUT2D eigenvalue weighted by molar-refractivity contribution is -0.144. The lowest BCUT2D eigenvalue weighted by atomic mass is 10.3. The highest BCUT2D eigenvalue weighted by Crippen LogP contribution is 2.08. The number of benzene rings is 1. The second-order valence-electron chi connectivity index (χ2n) is 4.80. The van der Waals surface area contributed by atoms with Gasteiger partial charge in [0.15, 0.2) is 0 Å². The summed E-state index contributed by atoms with van der Waals surface area (Å²) in [5.41, 5.74) is 0.575. The predicted molar refractivity (Wildman–Crippen MR) is 80.2 cm³/mol. The van der Waals surface area contributed by atoms with Crippen LogP contribution in [0.4, 0.5) is 10.5 Å². The van der Waals surface area contributed by atoms with Gasteiger partial charge in [0.2, 0.25) is 0 Å². The van der Waals surface area contributed by atoms with E-state index in [0.717, 1.165) is 0 Å². The number of nitrogens with one attached hydrogen (secondary N) is 1. The number of rotatable bonds is 2. The van der Waals surface area contributed by atoms with Gasteiger partial charge in [-0.15, -0.1) is 0 Å². The van der Waals surface area contributed by atoms with Crippen LogP contribution in [0.3, 0.4) is 0 Å². The van der Waals surface area contributed by atoms with E-state index in [0.29, 0.717) is 38.5 Å². The Hall–Kier alpha value is -2.57. The van der Waals surface area contributed by atoms with Crippen molar-refractivity contribution in [3.8, 4) is 0 Å². The maximum absolute atomic E-state index is 12.1. The molecule has 1 heterocycles. The number of carbonyl (C=O) groups is 3. The van der Waals surface area contributed by atoms with Gasteiger partial charge in [-0.25, -0.2) is 4.79 Å². The van der Waals surface area contributed by atoms with Gasteiger partial charge in [-0.3, -0.25) is 9.59 Å². The van der Waals surface area contributed by atoms with Crippen molar-refractivity contribution >= 4 is 23.6 Å². The quantitative estimate of drug-likeness (QED) is 0.824. The predicted octanol–water partition coefficient (Wildman–Crippen LogP) is 0.926. The van der Waals surface area contributed by atoms with E-state index in [9.17, 15) is 14.4 Å². The second kappa shape index (κ2) is 7.44. The number of anilines is 1. The summed E-state index contributed by atoms with van der Waals surface area (Å²) < 4.78 is 4.91. The maximum Gasteiger partial charge on any atom is 0.409 e. The molecule has 0 atom stereocenters. The summed E-state index contributed by atoms with van der Waals surface area (Å²) in [5, 5.41) is 2.56. The Balaban J connectivity index is 1.84. The number of ether oxygens (including phenoxy) is 1. The molecule has 0 aromatic heterocycles. The van der Waals surface area contributed by atoms with Crippen molar-refractivity contribution in [1.29, 1.82) is 0 Å². The Labute approximate surface area is 128 Å². The van der Waals surface area contributed by atoms with Gasteiger partial charge >= 0.3 is 17.9 Å². The first-order chi connectivity index (χ1) is 10.6. The highest BCUT2D eigenvalue weighted by atomic mass is 16.6. The zero-order valence-corrected chi connectivity index (χ0v) is 12.4. The van der Waals surface area contributed by atoms with Crippen LogP contribution in [0.5, 0.6) is 0 Å². The number of para-hydroxylation sites is 1. The van der Waals surface area contributed by atoms with Gasteiger partial charge in [0.25, 0.3) is 0 Å². The minimum absolute atomic E-state index is 0.317. The SMILES string of the molecule is CCOC(=O)N1CCN(C(=O)C(=O)Nc2ccccc2)CC1. The Morgan fingerprint density at radius 2 is 1.64 bits per heavy atom. The van der Waals surface area contributed by atoms with Crippen molar-refractivity contribution in [1.82, 2.24) is 9.80 Å². The fraction of sp³-hybridized carbons (Fsp3) is 0.400. The Morgan fingerprint density at radius 3 is 2.23 bits per heavy atom. The molecule has 22 heavy (non-hydrogen) atoms. The van der Waals surface area contributed by atoms with Crippen molar-refractivity contribution in [3.05, 3.63) is 30.3 Å². The summed E-state index contributed by atoms with van der Waals surface area (Å²) in [4.78, 5) is 38.5. The van der Waals surface area contributed by atoms with Crippen LogP contribution in [0.1, 0.15) is 6.92 Å². The Kier molecular flexibility index (Phi) is 5.35. The van der Waals surface area contributed by atoms with Crippen molar-refractivity contribution in [2.75, 3.05) is 38.1 Å². The third-order valence-corrected chi connectivity index (χ3v) is 3.32. The zero-order chi connectivity index (χ0) is 15.9. The average molecular weight is 305 g/mol. The van der Waals surface area contributed by atoms with Crippen molar-refractivity contribution in [2.24, 2.45) is 0 Å². The Morgan fingerprint density at radius 1 is 1.05 bits per heavy atom. The normalized spacial score (nSPS) is 14.4. The third kappa shape index (κ3) is 3.97. The van der Waals surface area contributed by atoms with Gasteiger partial charge in [-0.1, -0.05) is 18.2 Å². The van der Waals surface area contributed by atoms with Crippen LogP contribution in [0, 0.1) is 0 Å². The molecule has 0 spiro atoms. The molecule has 7 heteroatoms. The molecular weight excluding hydrogens is 286 g/mol. The first-order valence-corrected chi connectivity index (χ1v) is 7.19. The van der Waals surface area contributed by atoms with Gasteiger partial charge in [0.1, 0.15) is 0 Å². The summed E-state index contributed by atoms with van der Waals surface area (Å²) >= 11 is 0. The lowest BCUT2D eigenvalue weighted by Crippen LogP contribution is -2.53. The standard InChI is InChI=1S/C15H19N3O4/c1-2-22-15(21)18-10-8-17(9-11-18)14(20)13(19)16-12-6-4-3-5-7-12/h3-7H,2,8-11H2,1H3,(H,16,19). The molecule has 2 rings (SSSR count).